The van der Waals surface area contributed by atoms with Gasteiger partial charge in [0, 0.05) is 6.42 Å². The molecule has 0 bridgehead atoms. The second kappa shape index (κ2) is 7.83. The van der Waals surface area contributed by atoms with Crippen molar-refractivity contribution in [2.75, 3.05) is 13.2 Å². The highest BCUT2D eigenvalue weighted by molar-refractivity contribution is 5.76. The molecule has 124 valence electrons. The van der Waals surface area contributed by atoms with Crippen LogP contribution in [0.3, 0.4) is 0 Å². The summed E-state index contributed by atoms with van der Waals surface area (Å²) in [6.45, 7) is 4.23. The lowest BCUT2D eigenvalue weighted by molar-refractivity contribution is -0.122. The molecular weight excluding hydrogens is 294 g/mol. The molecule has 5 heteroatoms. The van der Waals surface area contributed by atoms with E-state index in [-0.39, 0.29) is 12.5 Å². The molecule has 2 rings (SSSR count). The average Bonchev–Trinajstić information content (AvgIpc) is 3.08. The molecule has 0 saturated carbocycles. The molecule has 1 atom stereocenters. The molecule has 0 radical (unpaired) electrons. The van der Waals surface area contributed by atoms with Gasteiger partial charge in [-0.15, -0.1) is 0 Å². The largest absolute Gasteiger partial charge is 0.494 e. The fourth-order valence-corrected chi connectivity index (χ4v) is 2.29. The van der Waals surface area contributed by atoms with Gasteiger partial charge >= 0.3 is 0 Å². The Balaban J connectivity index is 1.84. The number of aryl methyl sites for hydroxylation is 1. The van der Waals surface area contributed by atoms with E-state index in [4.69, 9.17) is 9.15 Å². The Morgan fingerprint density at radius 1 is 1.30 bits per heavy atom. The van der Waals surface area contributed by atoms with Crippen LogP contribution in [0.4, 0.5) is 0 Å². The number of rotatable bonds is 8. The van der Waals surface area contributed by atoms with Crippen LogP contribution in [0.5, 0.6) is 5.75 Å². The SMILES string of the molecule is CCOc1ccccc1CCC(=O)NCC(C)(O)c1ccco1. The molecule has 1 aromatic heterocycles. The molecule has 1 heterocycles. The van der Waals surface area contributed by atoms with Gasteiger partial charge in [0.1, 0.15) is 17.1 Å². The molecule has 0 aliphatic heterocycles. The number of benzene rings is 1. The summed E-state index contributed by atoms with van der Waals surface area (Å²) in [6.07, 6.45) is 2.42. The first-order chi connectivity index (χ1) is 11.0. The van der Waals surface area contributed by atoms with Crippen LogP contribution in [0.1, 0.15) is 31.6 Å². The molecule has 2 aromatic rings. The summed E-state index contributed by atoms with van der Waals surface area (Å²) < 4.78 is 10.7. The van der Waals surface area contributed by atoms with Gasteiger partial charge in [0.25, 0.3) is 0 Å². The van der Waals surface area contributed by atoms with Crippen molar-refractivity contribution >= 4 is 5.91 Å². The fourth-order valence-electron chi connectivity index (χ4n) is 2.29. The molecule has 1 amide bonds. The standard InChI is InChI=1S/C18H23NO4/c1-3-22-15-8-5-4-7-14(15)10-11-17(20)19-13-18(2,21)16-9-6-12-23-16/h4-9,12,21H,3,10-11,13H2,1-2H3,(H,19,20). The van der Waals surface area contributed by atoms with Gasteiger partial charge in [-0.05, 0) is 44.0 Å². The van der Waals surface area contributed by atoms with Gasteiger partial charge in [-0.2, -0.15) is 0 Å². The highest BCUT2D eigenvalue weighted by Gasteiger charge is 2.26. The van der Waals surface area contributed by atoms with Crippen molar-refractivity contribution in [2.24, 2.45) is 0 Å². The van der Waals surface area contributed by atoms with E-state index in [1.54, 1.807) is 19.1 Å². The van der Waals surface area contributed by atoms with Crippen molar-refractivity contribution in [3.63, 3.8) is 0 Å². The zero-order valence-electron chi connectivity index (χ0n) is 13.5. The lowest BCUT2D eigenvalue weighted by Gasteiger charge is -2.21. The minimum atomic E-state index is -1.22. The molecule has 0 aliphatic carbocycles. The fraction of sp³-hybridized carbons (Fsp3) is 0.389. The Labute approximate surface area is 136 Å². The number of hydrogen-bond acceptors (Lipinski definition) is 4. The quantitative estimate of drug-likeness (QED) is 0.785. The van der Waals surface area contributed by atoms with Crippen molar-refractivity contribution in [3.05, 3.63) is 54.0 Å². The highest BCUT2D eigenvalue weighted by Crippen LogP contribution is 2.21. The van der Waals surface area contributed by atoms with E-state index in [0.29, 0.717) is 25.2 Å². The van der Waals surface area contributed by atoms with Crippen LogP contribution in [0.2, 0.25) is 0 Å². The predicted molar refractivity (Wildman–Crippen MR) is 87.2 cm³/mol. The molecule has 0 fully saturated rings. The van der Waals surface area contributed by atoms with Crippen molar-refractivity contribution in [1.82, 2.24) is 5.32 Å². The minimum Gasteiger partial charge on any atom is -0.494 e. The number of carbonyl (C=O) groups is 1. The Hall–Kier alpha value is -2.27. The lowest BCUT2D eigenvalue weighted by Crippen LogP contribution is -2.38. The zero-order chi connectivity index (χ0) is 16.7. The van der Waals surface area contributed by atoms with E-state index in [1.165, 1.54) is 6.26 Å². The van der Waals surface area contributed by atoms with E-state index in [1.807, 2.05) is 31.2 Å². The van der Waals surface area contributed by atoms with Gasteiger partial charge in [-0.1, -0.05) is 18.2 Å². The van der Waals surface area contributed by atoms with Gasteiger partial charge in [0.2, 0.25) is 5.91 Å². The summed E-state index contributed by atoms with van der Waals surface area (Å²) in [7, 11) is 0. The third-order valence-corrected chi connectivity index (χ3v) is 3.58. The van der Waals surface area contributed by atoms with Crippen LogP contribution in [0.25, 0.3) is 0 Å². The first-order valence-corrected chi connectivity index (χ1v) is 7.76. The maximum atomic E-state index is 12.0. The summed E-state index contributed by atoms with van der Waals surface area (Å²) >= 11 is 0. The van der Waals surface area contributed by atoms with Crippen LogP contribution in [0.15, 0.2) is 47.1 Å². The second-order valence-corrected chi connectivity index (χ2v) is 5.57. The van der Waals surface area contributed by atoms with Gasteiger partial charge in [0.05, 0.1) is 19.4 Å². The van der Waals surface area contributed by atoms with Crippen molar-refractivity contribution in [2.45, 2.75) is 32.3 Å². The topological polar surface area (TPSA) is 71.7 Å². The van der Waals surface area contributed by atoms with E-state index >= 15 is 0 Å². The number of nitrogens with one attached hydrogen (secondary N) is 1. The Morgan fingerprint density at radius 3 is 2.78 bits per heavy atom. The van der Waals surface area contributed by atoms with Gasteiger partial charge < -0.3 is 19.6 Å². The smallest absolute Gasteiger partial charge is 0.220 e. The van der Waals surface area contributed by atoms with Crippen LogP contribution in [-0.4, -0.2) is 24.2 Å². The predicted octanol–water partition coefficient (Wildman–Crippen LogP) is 2.63. The molecule has 2 N–H and O–H groups in total. The van der Waals surface area contributed by atoms with E-state index in [0.717, 1.165) is 11.3 Å². The first-order valence-electron chi connectivity index (χ1n) is 7.76. The zero-order valence-corrected chi connectivity index (χ0v) is 13.5. The van der Waals surface area contributed by atoms with E-state index in [9.17, 15) is 9.90 Å². The Kier molecular flexibility index (Phi) is 5.82. The molecule has 0 saturated heterocycles. The highest BCUT2D eigenvalue weighted by atomic mass is 16.5. The number of furan rings is 1. The Morgan fingerprint density at radius 2 is 2.09 bits per heavy atom. The van der Waals surface area contributed by atoms with Crippen LogP contribution < -0.4 is 10.1 Å². The molecule has 5 nitrogen and oxygen atoms in total. The first kappa shape index (κ1) is 17.1. The molecule has 1 unspecified atom stereocenters. The number of aliphatic hydroxyl groups is 1. The Bertz CT molecular complexity index is 620. The number of ether oxygens (including phenoxy) is 1. The van der Waals surface area contributed by atoms with Crippen molar-refractivity contribution in [3.8, 4) is 5.75 Å². The number of amides is 1. The van der Waals surface area contributed by atoms with Crippen LogP contribution in [-0.2, 0) is 16.8 Å². The van der Waals surface area contributed by atoms with Crippen LogP contribution >= 0.6 is 0 Å². The molecule has 1 aromatic carbocycles. The molecular formula is C18H23NO4. The average molecular weight is 317 g/mol. The summed E-state index contributed by atoms with van der Waals surface area (Å²) in [4.78, 5) is 12.0. The van der Waals surface area contributed by atoms with Gasteiger partial charge in [0.15, 0.2) is 0 Å². The molecule has 0 aliphatic rings. The van der Waals surface area contributed by atoms with Gasteiger partial charge in [-0.25, -0.2) is 0 Å². The summed E-state index contributed by atoms with van der Waals surface area (Å²) in [5.74, 6) is 1.12. The summed E-state index contributed by atoms with van der Waals surface area (Å²) in [5.41, 5.74) is -0.218. The normalized spacial score (nSPS) is 13.3. The number of para-hydroxylation sites is 1. The number of carbonyl (C=O) groups excluding carboxylic acids is 1. The lowest BCUT2D eigenvalue weighted by atomic mass is 10.0. The van der Waals surface area contributed by atoms with Crippen molar-refractivity contribution < 1.29 is 19.1 Å². The monoisotopic (exact) mass is 317 g/mol. The number of hydrogen-bond donors (Lipinski definition) is 2. The van der Waals surface area contributed by atoms with Crippen molar-refractivity contribution in [1.29, 1.82) is 0 Å². The van der Waals surface area contributed by atoms with Gasteiger partial charge in [-0.3, -0.25) is 4.79 Å². The van der Waals surface area contributed by atoms with Crippen LogP contribution in [0, 0.1) is 0 Å². The summed E-state index contributed by atoms with van der Waals surface area (Å²) in [5, 5.41) is 13.0. The maximum absolute atomic E-state index is 12.0. The second-order valence-electron chi connectivity index (χ2n) is 5.57. The molecule has 0 spiro atoms. The van der Waals surface area contributed by atoms with E-state index in [2.05, 4.69) is 5.32 Å². The minimum absolute atomic E-state index is 0.104. The van der Waals surface area contributed by atoms with E-state index < -0.39 is 5.60 Å². The third-order valence-electron chi connectivity index (χ3n) is 3.58. The third kappa shape index (κ3) is 4.86. The maximum Gasteiger partial charge on any atom is 0.220 e. The summed E-state index contributed by atoms with van der Waals surface area (Å²) in [6, 6.07) is 11.1. The molecule has 23 heavy (non-hydrogen) atoms.